The predicted octanol–water partition coefficient (Wildman–Crippen LogP) is 2.62. The molecule has 1 N–H and O–H groups in total. The van der Waals surface area contributed by atoms with Crippen molar-refractivity contribution < 1.29 is 8.42 Å². The van der Waals surface area contributed by atoms with E-state index in [9.17, 15) is 8.42 Å². The lowest BCUT2D eigenvalue weighted by atomic mass is 9.99. The molecule has 0 saturated carbocycles. The van der Waals surface area contributed by atoms with E-state index in [0.717, 1.165) is 25.4 Å². The molecule has 0 fully saturated rings. The van der Waals surface area contributed by atoms with Gasteiger partial charge in [0.2, 0.25) is 0 Å². The minimum Gasteiger partial charge on any atom is -0.316 e. The maximum Gasteiger partial charge on any atom is 0.150 e. The molecule has 0 rings (SSSR count). The molecule has 3 nitrogen and oxygen atoms in total. The molecule has 17 heavy (non-hydrogen) atoms. The van der Waals surface area contributed by atoms with Crippen LogP contribution in [0.25, 0.3) is 0 Å². The first-order chi connectivity index (χ1) is 8.05. The van der Waals surface area contributed by atoms with E-state index in [4.69, 9.17) is 0 Å². The number of unbranched alkanes of at least 4 members (excludes halogenated alkanes) is 1. The molecule has 104 valence electrons. The molecular formula is C13H29NO2S. The molecule has 4 heteroatoms. The monoisotopic (exact) mass is 263 g/mol. The Bertz CT molecular complexity index is 263. The molecule has 0 bridgehead atoms. The van der Waals surface area contributed by atoms with Crippen molar-refractivity contribution in [3.8, 4) is 0 Å². The Kier molecular flexibility index (Phi) is 9.84. The van der Waals surface area contributed by atoms with Crippen LogP contribution in [0.3, 0.4) is 0 Å². The van der Waals surface area contributed by atoms with Crippen LogP contribution in [0.5, 0.6) is 0 Å². The summed E-state index contributed by atoms with van der Waals surface area (Å²) in [7, 11) is -2.78. The lowest BCUT2D eigenvalue weighted by Crippen LogP contribution is -2.25. The fourth-order valence-electron chi connectivity index (χ4n) is 1.81. The Balaban J connectivity index is 3.55. The molecule has 0 aliphatic heterocycles. The van der Waals surface area contributed by atoms with Crippen molar-refractivity contribution in [2.75, 3.05) is 24.6 Å². The summed E-state index contributed by atoms with van der Waals surface area (Å²) in [4.78, 5) is 0. The highest BCUT2D eigenvalue weighted by molar-refractivity contribution is 7.91. The number of sulfone groups is 1. The first-order valence-electron chi connectivity index (χ1n) is 6.96. The van der Waals surface area contributed by atoms with Crippen LogP contribution in [0.4, 0.5) is 0 Å². The first-order valence-corrected chi connectivity index (χ1v) is 8.79. The summed E-state index contributed by atoms with van der Waals surface area (Å²) < 4.78 is 22.5. The quantitative estimate of drug-likeness (QED) is 0.583. The van der Waals surface area contributed by atoms with Crippen molar-refractivity contribution in [3.05, 3.63) is 0 Å². The van der Waals surface area contributed by atoms with E-state index in [2.05, 4.69) is 19.2 Å². The maximum absolute atomic E-state index is 11.3. The number of hydrogen-bond acceptors (Lipinski definition) is 3. The van der Waals surface area contributed by atoms with Crippen molar-refractivity contribution in [1.82, 2.24) is 5.32 Å². The Morgan fingerprint density at radius 2 is 1.82 bits per heavy atom. The average Bonchev–Trinajstić information content (AvgIpc) is 2.32. The lowest BCUT2D eigenvalue weighted by Gasteiger charge is -2.15. The second-order valence-corrected chi connectivity index (χ2v) is 7.18. The average molecular weight is 263 g/mol. The third-order valence-electron chi connectivity index (χ3n) is 3.23. The van der Waals surface area contributed by atoms with E-state index in [0.29, 0.717) is 5.75 Å². The summed E-state index contributed by atoms with van der Waals surface area (Å²) in [6, 6.07) is 0. The zero-order valence-corrected chi connectivity index (χ0v) is 12.5. The minimum atomic E-state index is -2.78. The molecule has 0 amide bonds. The number of hydrogen-bond donors (Lipinski definition) is 1. The normalized spacial score (nSPS) is 13.8. The molecule has 0 aliphatic carbocycles. The number of nitrogens with one attached hydrogen (secondary N) is 1. The molecule has 0 aromatic heterocycles. The molecular weight excluding hydrogens is 234 g/mol. The molecule has 0 spiro atoms. The molecule has 1 unspecified atom stereocenters. The van der Waals surface area contributed by atoms with Gasteiger partial charge in [0, 0.05) is 5.75 Å². The molecule has 0 aromatic rings. The van der Waals surface area contributed by atoms with Crippen LogP contribution in [0.1, 0.15) is 52.9 Å². The fraction of sp³-hybridized carbons (Fsp3) is 1.00. The van der Waals surface area contributed by atoms with Gasteiger partial charge in [-0.25, -0.2) is 8.42 Å². The van der Waals surface area contributed by atoms with Gasteiger partial charge in [-0.1, -0.05) is 40.0 Å². The Morgan fingerprint density at radius 1 is 1.12 bits per heavy atom. The van der Waals surface area contributed by atoms with Crippen LogP contribution >= 0.6 is 0 Å². The topological polar surface area (TPSA) is 46.2 Å². The van der Waals surface area contributed by atoms with Gasteiger partial charge in [0.25, 0.3) is 0 Å². The van der Waals surface area contributed by atoms with Crippen LogP contribution in [-0.2, 0) is 9.84 Å². The van der Waals surface area contributed by atoms with Crippen molar-refractivity contribution in [2.24, 2.45) is 5.92 Å². The zero-order chi connectivity index (χ0) is 13.1. The van der Waals surface area contributed by atoms with Gasteiger partial charge >= 0.3 is 0 Å². The second-order valence-electron chi connectivity index (χ2n) is 4.71. The Morgan fingerprint density at radius 3 is 2.35 bits per heavy atom. The third kappa shape index (κ3) is 9.60. The van der Waals surface area contributed by atoms with Gasteiger partial charge in [-0.15, -0.1) is 0 Å². The van der Waals surface area contributed by atoms with E-state index >= 15 is 0 Å². The summed E-state index contributed by atoms with van der Waals surface area (Å²) in [6.07, 6.45) is 5.78. The van der Waals surface area contributed by atoms with Crippen molar-refractivity contribution in [2.45, 2.75) is 52.9 Å². The highest BCUT2D eigenvalue weighted by Crippen LogP contribution is 2.11. The Hall–Kier alpha value is -0.0900. The van der Waals surface area contributed by atoms with Gasteiger partial charge in [-0.3, -0.25) is 0 Å². The SMILES string of the molecule is CCCCC(CC)CNCCCS(=O)(=O)CC. The molecule has 0 radical (unpaired) electrons. The summed E-state index contributed by atoms with van der Waals surface area (Å²) in [5.41, 5.74) is 0. The van der Waals surface area contributed by atoms with Crippen molar-refractivity contribution >= 4 is 9.84 Å². The first kappa shape index (κ1) is 16.9. The van der Waals surface area contributed by atoms with Gasteiger partial charge < -0.3 is 5.32 Å². The Labute approximate surface area is 107 Å². The number of rotatable bonds is 11. The van der Waals surface area contributed by atoms with E-state index in [-0.39, 0.29) is 5.75 Å². The van der Waals surface area contributed by atoms with E-state index < -0.39 is 9.84 Å². The zero-order valence-electron chi connectivity index (χ0n) is 11.7. The predicted molar refractivity (Wildman–Crippen MR) is 75.1 cm³/mol. The second kappa shape index (κ2) is 9.89. The maximum atomic E-state index is 11.3. The standard InChI is InChI=1S/C13H29NO2S/c1-4-7-9-13(5-2)12-14-10-8-11-17(15,16)6-3/h13-14H,4-12H2,1-3H3. The molecule has 0 aliphatic rings. The van der Waals surface area contributed by atoms with Crippen LogP contribution in [0.2, 0.25) is 0 Å². The van der Waals surface area contributed by atoms with Crippen LogP contribution in [0, 0.1) is 5.92 Å². The highest BCUT2D eigenvalue weighted by Gasteiger charge is 2.07. The summed E-state index contributed by atoms with van der Waals surface area (Å²) >= 11 is 0. The van der Waals surface area contributed by atoms with E-state index in [1.807, 2.05) is 0 Å². The van der Waals surface area contributed by atoms with Gasteiger partial charge in [-0.05, 0) is 31.8 Å². The third-order valence-corrected chi connectivity index (χ3v) is 5.02. The molecule has 1 atom stereocenters. The van der Waals surface area contributed by atoms with Crippen LogP contribution in [0.15, 0.2) is 0 Å². The molecule has 0 heterocycles. The summed E-state index contributed by atoms with van der Waals surface area (Å²) in [5.74, 6) is 1.33. The minimum absolute atomic E-state index is 0.265. The van der Waals surface area contributed by atoms with E-state index in [1.165, 1.54) is 25.7 Å². The summed E-state index contributed by atoms with van der Waals surface area (Å²) in [6.45, 7) is 8.00. The smallest absolute Gasteiger partial charge is 0.150 e. The molecule has 0 saturated heterocycles. The van der Waals surface area contributed by atoms with Crippen LogP contribution < -0.4 is 5.32 Å². The van der Waals surface area contributed by atoms with E-state index in [1.54, 1.807) is 6.92 Å². The summed E-state index contributed by atoms with van der Waals surface area (Å²) in [5, 5.41) is 3.38. The van der Waals surface area contributed by atoms with Crippen molar-refractivity contribution in [1.29, 1.82) is 0 Å². The van der Waals surface area contributed by atoms with Gasteiger partial charge in [0.05, 0.1) is 5.75 Å². The fourth-order valence-corrected chi connectivity index (χ4v) is 2.68. The van der Waals surface area contributed by atoms with Gasteiger partial charge in [0.15, 0.2) is 0 Å². The van der Waals surface area contributed by atoms with Crippen molar-refractivity contribution in [3.63, 3.8) is 0 Å². The lowest BCUT2D eigenvalue weighted by molar-refractivity contribution is 0.420. The van der Waals surface area contributed by atoms with Crippen LogP contribution in [-0.4, -0.2) is 33.0 Å². The van der Waals surface area contributed by atoms with Gasteiger partial charge in [-0.2, -0.15) is 0 Å². The van der Waals surface area contributed by atoms with Gasteiger partial charge in [0.1, 0.15) is 9.84 Å². The molecule has 0 aromatic carbocycles. The largest absolute Gasteiger partial charge is 0.316 e. The highest BCUT2D eigenvalue weighted by atomic mass is 32.2.